The van der Waals surface area contributed by atoms with Crippen LogP contribution < -0.4 is 14.2 Å². The third-order valence-electron chi connectivity index (χ3n) is 3.93. The number of methoxy groups -OCH3 is 2. The van der Waals surface area contributed by atoms with Crippen LogP contribution in [0.3, 0.4) is 0 Å². The van der Waals surface area contributed by atoms with Gasteiger partial charge in [0, 0.05) is 17.7 Å². The molecule has 1 N–H and O–H groups in total. The molecule has 8 nitrogen and oxygen atoms in total. The van der Waals surface area contributed by atoms with Gasteiger partial charge < -0.3 is 9.47 Å². The lowest BCUT2D eigenvalue weighted by molar-refractivity contribution is -0.385. The molecule has 26 heavy (non-hydrogen) atoms. The summed E-state index contributed by atoms with van der Waals surface area (Å²) in [5.41, 5.74) is 0.807. The molecule has 9 heteroatoms. The molecule has 1 atom stereocenters. The van der Waals surface area contributed by atoms with Crippen molar-refractivity contribution >= 4 is 15.7 Å². The molecule has 0 radical (unpaired) electrons. The van der Waals surface area contributed by atoms with Crippen molar-refractivity contribution in [2.75, 3.05) is 14.2 Å². The van der Waals surface area contributed by atoms with Crippen LogP contribution in [0.4, 0.5) is 5.69 Å². The topological polar surface area (TPSA) is 108 Å². The van der Waals surface area contributed by atoms with Crippen LogP contribution in [-0.2, 0) is 10.0 Å². The lowest BCUT2D eigenvalue weighted by Gasteiger charge is -2.17. The lowest BCUT2D eigenvalue weighted by atomic mass is 10.1. The second-order valence-electron chi connectivity index (χ2n) is 5.66. The van der Waals surface area contributed by atoms with E-state index in [1.165, 1.54) is 26.4 Å². The van der Waals surface area contributed by atoms with E-state index >= 15 is 0 Å². The Morgan fingerprint density at radius 2 is 1.73 bits per heavy atom. The molecule has 0 amide bonds. The monoisotopic (exact) mass is 380 g/mol. The summed E-state index contributed by atoms with van der Waals surface area (Å²) in [4.78, 5) is 10.3. The van der Waals surface area contributed by atoms with Crippen molar-refractivity contribution in [1.29, 1.82) is 0 Å². The number of nitro benzene ring substituents is 1. The second-order valence-corrected chi connectivity index (χ2v) is 7.38. The number of nitrogens with one attached hydrogen (secondary N) is 1. The molecule has 2 aromatic rings. The van der Waals surface area contributed by atoms with Crippen LogP contribution in [0.15, 0.2) is 41.3 Å². The van der Waals surface area contributed by atoms with Gasteiger partial charge in [0.2, 0.25) is 10.0 Å². The molecular formula is C17H20N2O6S. The first-order valence-electron chi connectivity index (χ1n) is 7.69. The number of hydrogen-bond acceptors (Lipinski definition) is 6. The number of nitrogens with zero attached hydrogens (tertiary/aromatic N) is 1. The van der Waals surface area contributed by atoms with Gasteiger partial charge in [0.1, 0.15) is 0 Å². The summed E-state index contributed by atoms with van der Waals surface area (Å²) in [5.74, 6) is 1.00. The van der Waals surface area contributed by atoms with E-state index in [2.05, 4.69) is 4.72 Å². The zero-order valence-corrected chi connectivity index (χ0v) is 15.7. The molecule has 0 heterocycles. The molecule has 2 aromatic carbocycles. The minimum atomic E-state index is -3.94. The predicted molar refractivity (Wildman–Crippen MR) is 96.1 cm³/mol. The van der Waals surface area contributed by atoms with Crippen molar-refractivity contribution in [2.24, 2.45) is 0 Å². The molecule has 0 saturated carbocycles. The van der Waals surface area contributed by atoms with Crippen molar-refractivity contribution in [1.82, 2.24) is 4.72 Å². The van der Waals surface area contributed by atoms with E-state index in [-0.39, 0.29) is 10.6 Å². The van der Waals surface area contributed by atoms with E-state index in [1.807, 2.05) is 0 Å². The number of rotatable bonds is 7. The molecule has 0 aliphatic carbocycles. The first-order valence-corrected chi connectivity index (χ1v) is 9.17. The fraction of sp³-hybridized carbons (Fsp3) is 0.294. The molecule has 0 aliphatic heterocycles. The average Bonchev–Trinajstić information content (AvgIpc) is 2.60. The first kappa shape index (κ1) is 19.7. The van der Waals surface area contributed by atoms with Gasteiger partial charge in [-0.2, -0.15) is 0 Å². The van der Waals surface area contributed by atoms with Crippen LogP contribution in [0.25, 0.3) is 0 Å². The SMILES string of the molecule is COc1ccc([C@H](C)NS(=O)(=O)c2ccc(C)c([N+](=O)[O-])c2)cc1OC. The number of hydrogen-bond donors (Lipinski definition) is 1. The van der Waals surface area contributed by atoms with Gasteiger partial charge in [-0.1, -0.05) is 12.1 Å². The molecular weight excluding hydrogens is 360 g/mol. The number of aryl methyl sites for hydroxylation is 1. The van der Waals surface area contributed by atoms with E-state index in [4.69, 9.17) is 9.47 Å². The summed E-state index contributed by atoms with van der Waals surface area (Å²) in [7, 11) is -0.946. The summed E-state index contributed by atoms with van der Waals surface area (Å²) >= 11 is 0. The molecule has 0 bridgehead atoms. The van der Waals surface area contributed by atoms with Crippen molar-refractivity contribution < 1.29 is 22.8 Å². The number of sulfonamides is 1. The van der Waals surface area contributed by atoms with Crippen molar-refractivity contribution in [2.45, 2.75) is 24.8 Å². The molecule has 0 unspecified atom stereocenters. The van der Waals surface area contributed by atoms with E-state index in [0.29, 0.717) is 22.6 Å². The molecule has 140 valence electrons. The Bertz CT molecular complexity index is 927. The molecule has 0 fully saturated rings. The normalized spacial score (nSPS) is 12.5. The smallest absolute Gasteiger partial charge is 0.273 e. The van der Waals surface area contributed by atoms with E-state index < -0.39 is 21.0 Å². The predicted octanol–water partition coefficient (Wildman–Crippen LogP) is 2.96. The van der Waals surface area contributed by atoms with Gasteiger partial charge in [0.05, 0.1) is 24.0 Å². The Morgan fingerprint density at radius 3 is 2.31 bits per heavy atom. The minimum Gasteiger partial charge on any atom is -0.493 e. The fourth-order valence-electron chi connectivity index (χ4n) is 2.44. The maximum Gasteiger partial charge on any atom is 0.273 e. The summed E-state index contributed by atoms with van der Waals surface area (Å²) in [6.07, 6.45) is 0. The highest BCUT2D eigenvalue weighted by atomic mass is 32.2. The number of nitro groups is 1. The Kier molecular flexibility index (Phi) is 5.83. The second kappa shape index (κ2) is 7.71. The van der Waals surface area contributed by atoms with Gasteiger partial charge >= 0.3 is 0 Å². The summed E-state index contributed by atoms with van der Waals surface area (Å²) in [6, 6.07) is 8.28. The first-order chi connectivity index (χ1) is 12.2. The van der Waals surface area contributed by atoms with Crippen LogP contribution in [-0.4, -0.2) is 27.6 Å². The van der Waals surface area contributed by atoms with Gasteiger partial charge in [-0.15, -0.1) is 0 Å². The maximum absolute atomic E-state index is 12.6. The van der Waals surface area contributed by atoms with Gasteiger partial charge in [-0.25, -0.2) is 13.1 Å². The quantitative estimate of drug-likeness (QED) is 0.584. The average molecular weight is 380 g/mol. The van der Waals surface area contributed by atoms with Crippen molar-refractivity contribution in [3.63, 3.8) is 0 Å². The van der Waals surface area contributed by atoms with Crippen molar-refractivity contribution in [3.8, 4) is 11.5 Å². The van der Waals surface area contributed by atoms with Gasteiger partial charge in [0.15, 0.2) is 11.5 Å². The highest BCUT2D eigenvalue weighted by Gasteiger charge is 2.22. The lowest BCUT2D eigenvalue weighted by Crippen LogP contribution is -2.27. The molecule has 0 aromatic heterocycles. The summed E-state index contributed by atoms with van der Waals surface area (Å²) in [6.45, 7) is 3.22. The number of benzene rings is 2. The zero-order valence-electron chi connectivity index (χ0n) is 14.8. The third-order valence-corrected chi connectivity index (χ3v) is 5.47. The summed E-state index contributed by atoms with van der Waals surface area (Å²) in [5, 5.41) is 11.0. The number of ether oxygens (including phenoxy) is 2. The molecule has 2 rings (SSSR count). The largest absolute Gasteiger partial charge is 0.493 e. The zero-order chi connectivity index (χ0) is 19.5. The Labute approximate surface area is 152 Å². The van der Waals surface area contributed by atoms with E-state index in [1.54, 1.807) is 32.0 Å². The van der Waals surface area contributed by atoms with Gasteiger partial charge in [-0.3, -0.25) is 10.1 Å². The third kappa shape index (κ3) is 4.12. The van der Waals surface area contributed by atoms with Crippen molar-refractivity contribution in [3.05, 3.63) is 57.6 Å². The summed E-state index contributed by atoms with van der Waals surface area (Å²) < 4.78 is 38.1. The van der Waals surface area contributed by atoms with Crippen LogP contribution in [0.2, 0.25) is 0 Å². The van der Waals surface area contributed by atoms with Gasteiger partial charge in [0.25, 0.3) is 5.69 Å². The van der Waals surface area contributed by atoms with Crippen LogP contribution in [0.1, 0.15) is 24.1 Å². The van der Waals surface area contributed by atoms with E-state index in [9.17, 15) is 18.5 Å². The standard InChI is InChI=1S/C17H20N2O6S/c1-11-5-7-14(10-15(11)19(20)21)26(22,23)18-12(2)13-6-8-16(24-3)17(9-13)25-4/h5-10,12,18H,1-4H3/t12-/m0/s1. The van der Waals surface area contributed by atoms with Crippen LogP contribution in [0.5, 0.6) is 11.5 Å². The fourth-order valence-corrected chi connectivity index (χ4v) is 3.70. The molecule has 0 aliphatic rings. The van der Waals surface area contributed by atoms with E-state index in [0.717, 1.165) is 6.07 Å². The van der Waals surface area contributed by atoms with Crippen LogP contribution in [0, 0.1) is 17.0 Å². The highest BCUT2D eigenvalue weighted by molar-refractivity contribution is 7.89. The van der Waals surface area contributed by atoms with Crippen LogP contribution >= 0.6 is 0 Å². The maximum atomic E-state index is 12.6. The highest BCUT2D eigenvalue weighted by Crippen LogP contribution is 2.30. The Hall–Kier alpha value is -2.65. The minimum absolute atomic E-state index is 0.165. The Balaban J connectivity index is 2.32. The van der Waals surface area contributed by atoms with Gasteiger partial charge in [-0.05, 0) is 37.6 Å². The molecule has 0 saturated heterocycles. The molecule has 0 spiro atoms. The Morgan fingerprint density at radius 1 is 1.08 bits per heavy atom.